The number of ether oxygens (including phenoxy) is 3. The van der Waals surface area contributed by atoms with Crippen molar-refractivity contribution in [3.8, 4) is 0 Å². The van der Waals surface area contributed by atoms with E-state index in [2.05, 4.69) is 179 Å². The van der Waals surface area contributed by atoms with Crippen LogP contribution < -0.4 is 0 Å². The Kier molecular flexibility index (Phi) is 65.4. The van der Waals surface area contributed by atoms with E-state index in [1.807, 2.05) is 0 Å². The fourth-order valence-corrected chi connectivity index (χ4v) is 8.97. The molecule has 6 heteroatoms. The summed E-state index contributed by atoms with van der Waals surface area (Å²) in [5.74, 6) is -0.945. The summed E-state index contributed by atoms with van der Waals surface area (Å²) in [7, 11) is 0. The maximum Gasteiger partial charge on any atom is 0.306 e. The van der Waals surface area contributed by atoms with Gasteiger partial charge in [0.15, 0.2) is 6.10 Å². The van der Waals surface area contributed by atoms with E-state index in [9.17, 15) is 14.4 Å². The van der Waals surface area contributed by atoms with E-state index in [4.69, 9.17) is 14.2 Å². The van der Waals surface area contributed by atoms with Crippen molar-refractivity contribution >= 4 is 17.9 Å². The number of allylic oxidation sites excluding steroid dienone is 26. The van der Waals surface area contributed by atoms with Crippen molar-refractivity contribution in [2.45, 2.75) is 297 Å². The quantitative estimate of drug-likeness (QED) is 0.0261. The van der Waals surface area contributed by atoms with Gasteiger partial charge in [-0.3, -0.25) is 14.4 Å². The second-order valence-electron chi connectivity index (χ2n) is 22.0. The highest BCUT2D eigenvalue weighted by Gasteiger charge is 2.19. The molecule has 0 aliphatic rings. The number of hydrogen-bond acceptors (Lipinski definition) is 6. The largest absolute Gasteiger partial charge is 0.462 e. The van der Waals surface area contributed by atoms with Crippen LogP contribution in [0.25, 0.3) is 0 Å². The topological polar surface area (TPSA) is 78.9 Å². The number of unbranched alkanes of at least 4 members (excludes halogenated alkanes) is 23. The van der Waals surface area contributed by atoms with Gasteiger partial charge in [-0.15, -0.1) is 0 Å². The smallest absolute Gasteiger partial charge is 0.306 e. The zero-order valence-corrected chi connectivity index (χ0v) is 53.7. The Morgan fingerprint density at radius 3 is 0.747 bits per heavy atom. The molecule has 1 atom stereocenters. The first-order valence-electron chi connectivity index (χ1n) is 34.0. The molecule has 0 N–H and O–H groups in total. The van der Waals surface area contributed by atoms with Crippen LogP contribution in [-0.4, -0.2) is 37.2 Å². The van der Waals surface area contributed by atoms with Crippen LogP contribution in [-0.2, 0) is 28.6 Å². The van der Waals surface area contributed by atoms with Gasteiger partial charge in [0.25, 0.3) is 0 Å². The lowest BCUT2D eigenvalue weighted by Crippen LogP contribution is -2.30. The van der Waals surface area contributed by atoms with Crippen molar-refractivity contribution in [2.24, 2.45) is 0 Å². The van der Waals surface area contributed by atoms with Crippen molar-refractivity contribution in [3.63, 3.8) is 0 Å². The second kappa shape index (κ2) is 69.5. The van der Waals surface area contributed by atoms with Crippen LogP contribution in [0.15, 0.2) is 158 Å². The molecule has 0 bridgehead atoms. The third-order valence-electron chi connectivity index (χ3n) is 14.0. The van der Waals surface area contributed by atoms with Crippen molar-refractivity contribution in [1.82, 2.24) is 0 Å². The summed E-state index contributed by atoms with van der Waals surface area (Å²) in [5, 5.41) is 0. The Balaban J connectivity index is 4.46. The van der Waals surface area contributed by atoms with Crippen LogP contribution in [0, 0.1) is 0 Å². The Hall–Kier alpha value is -4.97. The molecule has 0 rings (SSSR count). The Labute approximate surface area is 511 Å². The molecule has 0 saturated carbocycles. The van der Waals surface area contributed by atoms with Gasteiger partial charge in [0, 0.05) is 19.3 Å². The maximum absolute atomic E-state index is 12.9. The first-order chi connectivity index (χ1) is 41.0. The normalized spacial score (nSPS) is 13.1. The minimum atomic E-state index is -0.811. The van der Waals surface area contributed by atoms with Crippen LogP contribution in [0.1, 0.15) is 290 Å². The van der Waals surface area contributed by atoms with Crippen LogP contribution in [0.3, 0.4) is 0 Å². The zero-order chi connectivity index (χ0) is 59.9. The van der Waals surface area contributed by atoms with E-state index >= 15 is 0 Å². The lowest BCUT2D eigenvalue weighted by molar-refractivity contribution is -0.167. The van der Waals surface area contributed by atoms with Crippen molar-refractivity contribution in [3.05, 3.63) is 158 Å². The van der Waals surface area contributed by atoms with Gasteiger partial charge in [-0.05, 0) is 148 Å². The standard InChI is InChI=1S/C77H124O6/c1-4-7-10-13-16-19-22-25-28-31-34-35-36-37-38-39-40-41-44-46-49-52-55-58-61-64-67-70-76(79)82-73-74(83-77(80)71-68-65-62-59-56-53-50-47-43-33-30-27-24-21-18-15-12-9-6-3)72-81-75(78)69-66-63-60-57-54-51-48-45-42-32-29-26-23-20-17-14-11-8-5-2/h7,9-10,12,16-21,25-30,34-35,37-38,40-41,43,47,53,56,74H,4-6,8,11,13-15,22-24,31-33,36,39,42,44-46,48-52,54-55,57-73H2,1-3H3/b10-7-,12-9-,19-16-,20-17-,21-18-,28-25-,29-26-,30-27-,35-34-,38-37-,41-40-,47-43-,56-53-. The molecule has 0 aromatic heterocycles. The highest BCUT2D eigenvalue weighted by molar-refractivity contribution is 5.71. The van der Waals surface area contributed by atoms with Crippen LogP contribution >= 0.6 is 0 Å². The Morgan fingerprint density at radius 2 is 0.470 bits per heavy atom. The zero-order valence-electron chi connectivity index (χ0n) is 53.7. The third-order valence-corrected chi connectivity index (χ3v) is 14.0. The van der Waals surface area contributed by atoms with Crippen LogP contribution in [0.4, 0.5) is 0 Å². The molecular formula is C77H124O6. The van der Waals surface area contributed by atoms with Crippen LogP contribution in [0.2, 0.25) is 0 Å². The van der Waals surface area contributed by atoms with Gasteiger partial charge in [-0.1, -0.05) is 281 Å². The van der Waals surface area contributed by atoms with Crippen molar-refractivity contribution in [2.75, 3.05) is 13.2 Å². The number of esters is 3. The number of hydrogen-bond donors (Lipinski definition) is 0. The third kappa shape index (κ3) is 67.7. The number of carbonyl (C=O) groups excluding carboxylic acids is 3. The predicted octanol–water partition coefficient (Wildman–Crippen LogP) is 23.7. The van der Waals surface area contributed by atoms with Crippen molar-refractivity contribution < 1.29 is 28.6 Å². The van der Waals surface area contributed by atoms with Crippen LogP contribution in [0.5, 0.6) is 0 Å². The van der Waals surface area contributed by atoms with Gasteiger partial charge in [0.2, 0.25) is 0 Å². The monoisotopic (exact) mass is 1140 g/mol. The van der Waals surface area contributed by atoms with Crippen molar-refractivity contribution in [1.29, 1.82) is 0 Å². The minimum absolute atomic E-state index is 0.102. The highest BCUT2D eigenvalue weighted by Crippen LogP contribution is 2.15. The summed E-state index contributed by atoms with van der Waals surface area (Å²) in [6.07, 6.45) is 101. The molecular weight excluding hydrogens is 1020 g/mol. The molecule has 468 valence electrons. The van der Waals surface area contributed by atoms with Gasteiger partial charge in [0.1, 0.15) is 13.2 Å². The first-order valence-corrected chi connectivity index (χ1v) is 34.0. The molecule has 83 heavy (non-hydrogen) atoms. The lowest BCUT2D eigenvalue weighted by atomic mass is 10.1. The number of rotatable bonds is 60. The number of carbonyl (C=O) groups is 3. The van der Waals surface area contributed by atoms with E-state index in [-0.39, 0.29) is 37.5 Å². The highest BCUT2D eigenvalue weighted by atomic mass is 16.6. The maximum atomic E-state index is 12.9. The molecule has 0 aromatic rings. The van der Waals surface area contributed by atoms with E-state index in [1.165, 1.54) is 103 Å². The average molecular weight is 1150 g/mol. The average Bonchev–Trinajstić information content (AvgIpc) is 3.50. The Bertz CT molecular complexity index is 1840. The van der Waals surface area contributed by atoms with E-state index in [1.54, 1.807) is 0 Å². The summed E-state index contributed by atoms with van der Waals surface area (Å²) < 4.78 is 16.9. The van der Waals surface area contributed by atoms with Gasteiger partial charge in [-0.2, -0.15) is 0 Å². The van der Waals surface area contributed by atoms with E-state index < -0.39 is 6.10 Å². The summed E-state index contributed by atoms with van der Waals surface area (Å²) in [6, 6.07) is 0. The van der Waals surface area contributed by atoms with Gasteiger partial charge in [0.05, 0.1) is 0 Å². The fraction of sp³-hybridized carbons (Fsp3) is 0.623. The summed E-state index contributed by atoms with van der Waals surface area (Å²) >= 11 is 0. The molecule has 0 amide bonds. The van der Waals surface area contributed by atoms with Gasteiger partial charge in [-0.25, -0.2) is 0 Å². The summed E-state index contributed by atoms with van der Waals surface area (Å²) in [4.78, 5) is 38.5. The lowest BCUT2D eigenvalue weighted by Gasteiger charge is -2.18. The predicted molar refractivity (Wildman–Crippen MR) is 362 cm³/mol. The molecule has 0 spiro atoms. The molecule has 0 aromatic carbocycles. The first kappa shape index (κ1) is 78.0. The molecule has 0 fully saturated rings. The Morgan fingerprint density at radius 1 is 0.253 bits per heavy atom. The molecule has 1 unspecified atom stereocenters. The summed E-state index contributed by atoms with van der Waals surface area (Å²) in [6.45, 7) is 6.36. The summed E-state index contributed by atoms with van der Waals surface area (Å²) in [5.41, 5.74) is 0. The SMILES string of the molecule is CC/C=C\C/C=C\C/C=C\C/C=C\C/C=C\C/C=C\CCCCCCCCCCC(=O)OCC(COC(=O)CCCCCCCCCCC/C=C\C/C=C\CCCCC)OC(=O)CCCCC/C=C\C/C=C\C/C=C\C/C=C\C/C=C\CC. The molecule has 6 nitrogen and oxygen atoms in total. The molecule has 0 heterocycles. The molecule has 0 aliphatic carbocycles. The second-order valence-corrected chi connectivity index (χ2v) is 22.0. The van der Waals surface area contributed by atoms with Gasteiger partial charge >= 0.3 is 17.9 Å². The van der Waals surface area contributed by atoms with E-state index in [0.717, 1.165) is 148 Å². The fourth-order valence-electron chi connectivity index (χ4n) is 8.97. The van der Waals surface area contributed by atoms with E-state index in [0.29, 0.717) is 12.8 Å². The molecule has 0 saturated heterocycles. The molecule has 0 radical (unpaired) electrons. The minimum Gasteiger partial charge on any atom is -0.462 e. The molecule has 0 aliphatic heterocycles. The van der Waals surface area contributed by atoms with Gasteiger partial charge < -0.3 is 14.2 Å².